The van der Waals surface area contributed by atoms with Crippen molar-refractivity contribution in [2.45, 2.75) is 37.5 Å². The molecule has 3 rings (SSSR count). The average molecular weight is 229 g/mol. The number of allylic oxidation sites excluding steroid dienone is 2. The van der Waals surface area contributed by atoms with Gasteiger partial charge in [0, 0.05) is 12.6 Å². The SMILES string of the molecule is CC1CC(=O)C2(CC=CC2)c2nc(N)ncc21. The number of aromatic nitrogens is 2. The summed E-state index contributed by atoms with van der Waals surface area (Å²) in [5.74, 6) is 0.752. The van der Waals surface area contributed by atoms with E-state index in [-0.39, 0.29) is 11.9 Å². The van der Waals surface area contributed by atoms with Crippen LogP contribution in [0.4, 0.5) is 5.95 Å². The molecule has 1 aromatic heterocycles. The lowest BCUT2D eigenvalue weighted by Crippen LogP contribution is -2.40. The molecule has 2 aliphatic carbocycles. The molecule has 1 heterocycles. The third-order valence-corrected chi connectivity index (χ3v) is 3.94. The van der Waals surface area contributed by atoms with E-state index in [1.165, 1.54) is 0 Å². The smallest absolute Gasteiger partial charge is 0.220 e. The Morgan fingerprint density at radius 2 is 2.12 bits per heavy atom. The molecule has 0 saturated carbocycles. The highest BCUT2D eigenvalue weighted by atomic mass is 16.1. The van der Waals surface area contributed by atoms with Crippen LogP contribution in [0.25, 0.3) is 0 Å². The van der Waals surface area contributed by atoms with E-state index in [1.54, 1.807) is 6.20 Å². The van der Waals surface area contributed by atoms with Gasteiger partial charge in [-0.25, -0.2) is 9.97 Å². The van der Waals surface area contributed by atoms with Gasteiger partial charge in [0.05, 0.1) is 11.1 Å². The van der Waals surface area contributed by atoms with Crippen LogP contribution >= 0.6 is 0 Å². The van der Waals surface area contributed by atoms with Crippen molar-refractivity contribution in [1.82, 2.24) is 9.97 Å². The van der Waals surface area contributed by atoms with Gasteiger partial charge in [-0.05, 0) is 24.3 Å². The topological polar surface area (TPSA) is 68.9 Å². The lowest BCUT2D eigenvalue weighted by molar-refractivity contribution is -0.125. The maximum Gasteiger partial charge on any atom is 0.220 e. The van der Waals surface area contributed by atoms with Crippen LogP contribution in [0.2, 0.25) is 0 Å². The summed E-state index contributed by atoms with van der Waals surface area (Å²) >= 11 is 0. The van der Waals surface area contributed by atoms with E-state index in [4.69, 9.17) is 5.73 Å². The second-order valence-electron chi connectivity index (χ2n) is 5.02. The standard InChI is InChI=1S/C13H15N3O/c1-8-6-10(17)13(4-2-3-5-13)11-9(8)7-15-12(14)16-11/h2-3,7-8H,4-6H2,1H3,(H2,14,15,16). The van der Waals surface area contributed by atoms with Crippen molar-refractivity contribution in [3.63, 3.8) is 0 Å². The first kappa shape index (κ1) is 10.4. The zero-order valence-corrected chi connectivity index (χ0v) is 9.81. The van der Waals surface area contributed by atoms with Crippen LogP contribution < -0.4 is 5.73 Å². The molecule has 2 N–H and O–H groups in total. The van der Waals surface area contributed by atoms with Crippen LogP contribution in [0.15, 0.2) is 18.3 Å². The summed E-state index contributed by atoms with van der Waals surface area (Å²) in [5, 5.41) is 0. The molecule has 17 heavy (non-hydrogen) atoms. The number of carbonyl (C=O) groups excluding carboxylic acids is 1. The number of carbonyl (C=O) groups is 1. The average Bonchev–Trinajstić information content (AvgIpc) is 2.77. The molecule has 0 aromatic carbocycles. The molecule has 1 aromatic rings. The van der Waals surface area contributed by atoms with Crippen molar-refractivity contribution in [2.24, 2.45) is 0 Å². The number of rotatable bonds is 0. The molecule has 0 bridgehead atoms. The summed E-state index contributed by atoms with van der Waals surface area (Å²) in [6.45, 7) is 2.05. The Kier molecular flexibility index (Phi) is 2.08. The quantitative estimate of drug-likeness (QED) is 0.688. The van der Waals surface area contributed by atoms with E-state index in [9.17, 15) is 4.79 Å². The monoisotopic (exact) mass is 229 g/mol. The van der Waals surface area contributed by atoms with E-state index in [1.807, 2.05) is 6.92 Å². The van der Waals surface area contributed by atoms with Crippen LogP contribution in [-0.2, 0) is 10.2 Å². The minimum atomic E-state index is -0.446. The zero-order chi connectivity index (χ0) is 12.0. The van der Waals surface area contributed by atoms with E-state index in [2.05, 4.69) is 22.1 Å². The Balaban J connectivity index is 2.22. The Morgan fingerprint density at radius 3 is 2.82 bits per heavy atom. The van der Waals surface area contributed by atoms with E-state index in [0.717, 1.165) is 24.1 Å². The first-order valence-electron chi connectivity index (χ1n) is 5.95. The second kappa shape index (κ2) is 3.39. The van der Waals surface area contributed by atoms with Gasteiger partial charge in [-0.1, -0.05) is 19.1 Å². The molecule has 2 aliphatic rings. The molecule has 0 saturated heterocycles. The lowest BCUT2D eigenvalue weighted by Gasteiger charge is -2.35. The van der Waals surface area contributed by atoms with Crippen LogP contribution in [0.1, 0.15) is 43.4 Å². The molecule has 0 radical (unpaired) electrons. The molecule has 4 nitrogen and oxygen atoms in total. The fourth-order valence-electron chi connectivity index (χ4n) is 2.94. The van der Waals surface area contributed by atoms with Gasteiger partial charge in [0.25, 0.3) is 0 Å². The predicted molar refractivity (Wildman–Crippen MR) is 64.5 cm³/mol. The molecule has 1 unspecified atom stereocenters. The zero-order valence-electron chi connectivity index (χ0n) is 9.81. The fraction of sp³-hybridized carbons (Fsp3) is 0.462. The van der Waals surface area contributed by atoms with Gasteiger partial charge >= 0.3 is 0 Å². The fourth-order valence-corrected chi connectivity index (χ4v) is 2.94. The van der Waals surface area contributed by atoms with Gasteiger partial charge in [-0.15, -0.1) is 0 Å². The molecular formula is C13H15N3O. The maximum absolute atomic E-state index is 12.4. The molecule has 4 heteroatoms. The summed E-state index contributed by atoms with van der Waals surface area (Å²) in [4.78, 5) is 20.8. The van der Waals surface area contributed by atoms with Crippen LogP contribution in [-0.4, -0.2) is 15.8 Å². The van der Waals surface area contributed by atoms with Crippen LogP contribution in [0.5, 0.6) is 0 Å². The van der Waals surface area contributed by atoms with Gasteiger partial charge in [-0.2, -0.15) is 0 Å². The number of hydrogen-bond donors (Lipinski definition) is 1. The molecule has 1 atom stereocenters. The molecule has 1 spiro atoms. The van der Waals surface area contributed by atoms with Crippen molar-refractivity contribution in [3.8, 4) is 0 Å². The number of hydrogen-bond acceptors (Lipinski definition) is 4. The highest BCUT2D eigenvalue weighted by Crippen LogP contribution is 2.46. The minimum Gasteiger partial charge on any atom is -0.368 e. The number of nitrogens with zero attached hydrogens (tertiary/aromatic N) is 2. The van der Waals surface area contributed by atoms with Gasteiger partial charge in [0.15, 0.2) is 0 Å². The number of ketones is 1. The third kappa shape index (κ3) is 1.33. The summed E-state index contributed by atoms with van der Waals surface area (Å²) in [5.41, 5.74) is 7.17. The van der Waals surface area contributed by atoms with Crippen LogP contribution in [0.3, 0.4) is 0 Å². The largest absolute Gasteiger partial charge is 0.368 e. The molecular weight excluding hydrogens is 214 g/mol. The first-order chi connectivity index (χ1) is 8.13. The number of fused-ring (bicyclic) bond motifs is 2. The highest BCUT2D eigenvalue weighted by molar-refractivity contribution is 5.93. The second-order valence-corrected chi connectivity index (χ2v) is 5.02. The molecule has 0 fully saturated rings. The maximum atomic E-state index is 12.4. The summed E-state index contributed by atoms with van der Waals surface area (Å²) < 4.78 is 0. The number of anilines is 1. The van der Waals surface area contributed by atoms with Crippen molar-refractivity contribution in [1.29, 1.82) is 0 Å². The normalized spacial score (nSPS) is 25.2. The van der Waals surface area contributed by atoms with Crippen molar-refractivity contribution >= 4 is 11.7 Å². The van der Waals surface area contributed by atoms with Gasteiger partial charge in [0.2, 0.25) is 5.95 Å². The van der Waals surface area contributed by atoms with Crippen molar-refractivity contribution < 1.29 is 4.79 Å². The van der Waals surface area contributed by atoms with Crippen molar-refractivity contribution in [3.05, 3.63) is 29.6 Å². The summed E-state index contributed by atoms with van der Waals surface area (Å²) in [7, 11) is 0. The lowest BCUT2D eigenvalue weighted by atomic mass is 9.67. The molecule has 0 aliphatic heterocycles. The van der Waals surface area contributed by atoms with E-state index < -0.39 is 5.41 Å². The Labute approximate surface area is 100.0 Å². The van der Waals surface area contributed by atoms with Gasteiger partial charge in [-0.3, -0.25) is 4.79 Å². The van der Waals surface area contributed by atoms with Gasteiger partial charge < -0.3 is 5.73 Å². The number of nitrogens with two attached hydrogens (primary N) is 1. The van der Waals surface area contributed by atoms with Crippen molar-refractivity contribution in [2.75, 3.05) is 5.73 Å². The summed E-state index contributed by atoms with van der Waals surface area (Å²) in [6.07, 6.45) is 8.01. The highest BCUT2D eigenvalue weighted by Gasteiger charge is 2.47. The first-order valence-corrected chi connectivity index (χ1v) is 5.95. The minimum absolute atomic E-state index is 0.198. The Hall–Kier alpha value is -1.71. The Morgan fingerprint density at radius 1 is 1.41 bits per heavy atom. The molecule has 88 valence electrons. The number of Topliss-reactive ketones (excluding diaryl/α,β-unsaturated/α-hetero) is 1. The van der Waals surface area contributed by atoms with Gasteiger partial charge in [0.1, 0.15) is 5.78 Å². The van der Waals surface area contributed by atoms with E-state index in [0.29, 0.717) is 12.2 Å². The predicted octanol–water partition coefficient (Wildman–Crippen LogP) is 1.72. The molecule has 0 amide bonds. The Bertz CT molecular complexity index is 513. The summed E-state index contributed by atoms with van der Waals surface area (Å²) in [6, 6.07) is 0. The van der Waals surface area contributed by atoms with Crippen LogP contribution in [0, 0.1) is 0 Å². The number of nitrogen functional groups attached to an aromatic ring is 1. The van der Waals surface area contributed by atoms with E-state index >= 15 is 0 Å². The third-order valence-electron chi connectivity index (χ3n) is 3.94.